The standard InChI is InChI=1S/C23H28N6O/c1-17-5-8-20(29(14-17)23-26-11-4-12-27-23)15-30-16-28-19-7-6-18(2)21(13-19)22-24-9-3-10-25-22/h3-4,6-7,9-13,17,20,28H,5,8,14-16H2,1-2H3/t17-,20?/m1/s1. The predicted molar refractivity (Wildman–Crippen MR) is 118 cm³/mol. The number of nitrogens with one attached hydrogen (secondary N) is 1. The molecule has 4 rings (SSSR count). The van der Waals surface area contributed by atoms with E-state index in [0.717, 1.165) is 41.6 Å². The van der Waals surface area contributed by atoms with Crippen molar-refractivity contribution in [3.05, 3.63) is 60.7 Å². The molecule has 0 radical (unpaired) electrons. The Labute approximate surface area is 177 Å². The minimum Gasteiger partial charge on any atom is -0.363 e. The number of hydrogen-bond donors (Lipinski definition) is 1. The number of aryl methyl sites for hydroxylation is 1. The zero-order valence-electron chi connectivity index (χ0n) is 17.5. The van der Waals surface area contributed by atoms with Gasteiger partial charge in [0.05, 0.1) is 12.6 Å². The summed E-state index contributed by atoms with van der Waals surface area (Å²) in [5, 5.41) is 3.36. The summed E-state index contributed by atoms with van der Waals surface area (Å²) < 4.78 is 6.00. The van der Waals surface area contributed by atoms with Gasteiger partial charge < -0.3 is 15.0 Å². The molecule has 30 heavy (non-hydrogen) atoms. The molecule has 156 valence electrons. The molecule has 0 bridgehead atoms. The number of rotatable bonds is 7. The van der Waals surface area contributed by atoms with Crippen molar-refractivity contribution in [3.8, 4) is 11.4 Å². The average molecular weight is 405 g/mol. The van der Waals surface area contributed by atoms with Crippen LogP contribution in [0.5, 0.6) is 0 Å². The lowest BCUT2D eigenvalue weighted by molar-refractivity contribution is 0.122. The molecular formula is C23H28N6O. The molecular weight excluding hydrogens is 376 g/mol. The summed E-state index contributed by atoms with van der Waals surface area (Å²) in [7, 11) is 0. The van der Waals surface area contributed by atoms with Crippen molar-refractivity contribution < 1.29 is 4.74 Å². The molecule has 1 saturated heterocycles. The Morgan fingerprint density at radius 1 is 1.03 bits per heavy atom. The summed E-state index contributed by atoms with van der Waals surface area (Å²) in [6.07, 6.45) is 9.40. The smallest absolute Gasteiger partial charge is 0.225 e. The van der Waals surface area contributed by atoms with E-state index in [4.69, 9.17) is 4.74 Å². The van der Waals surface area contributed by atoms with Crippen LogP contribution in [0.2, 0.25) is 0 Å². The first-order valence-corrected chi connectivity index (χ1v) is 10.4. The Kier molecular flexibility index (Phi) is 6.49. The molecule has 7 heteroatoms. The third kappa shape index (κ3) is 4.91. The highest BCUT2D eigenvalue weighted by molar-refractivity contribution is 5.66. The lowest BCUT2D eigenvalue weighted by Crippen LogP contribution is -2.46. The van der Waals surface area contributed by atoms with Crippen molar-refractivity contribution >= 4 is 11.6 Å². The maximum Gasteiger partial charge on any atom is 0.225 e. The van der Waals surface area contributed by atoms with Gasteiger partial charge in [0.15, 0.2) is 5.82 Å². The maximum atomic E-state index is 6.00. The van der Waals surface area contributed by atoms with Gasteiger partial charge in [-0.2, -0.15) is 0 Å². The van der Waals surface area contributed by atoms with E-state index in [1.165, 1.54) is 6.42 Å². The number of ether oxygens (including phenoxy) is 1. The summed E-state index contributed by atoms with van der Waals surface area (Å²) in [4.78, 5) is 19.9. The summed E-state index contributed by atoms with van der Waals surface area (Å²) >= 11 is 0. The van der Waals surface area contributed by atoms with Crippen LogP contribution in [0.4, 0.5) is 11.6 Å². The number of hydrogen-bond acceptors (Lipinski definition) is 7. The third-order valence-electron chi connectivity index (χ3n) is 5.48. The van der Waals surface area contributed by atoms with Crippen molar-refractivity contribution in [1.82, 2.24) is 19.9 Å². The number of benzene rings is 1. The highest BCUT2D eigenvalue weighted by atomic mass is 16.5. The van der Waals surface area contributed by atoms with Crippen LogP contribution in [-0.2, 0) is 4.74 Å². The zero-order valence-corrected chi connectivity index (χ0v) is 17.5. The summed E-state index contributed by atoms with van der Waals surface area (Å²) in [5.74, 6) is 2.15. The van der Waals surface area contributed by atoms with E-state index in [2.05, 4.69) is 62.2 Å². The highest BCUT2D eigenvalue weighted by Crippen LogP contribution is 2.26. The van der Waals surface area contributed by atoms with Gasteiger partial charge in [0.2, 0.25) is 5.95 Å². The van der Waals surface area contributed by atoms with E-state index in [1.54, 1.807) is 24.8 Å². The second kappa shape index (κ2) is 9.63. The first-order chi connectivity index (χ1) is 14.7. The molecule has 1 aliphatic rings. The molecule has 1 aliphatic heterocycles. The monoisotopic (exact) mass is 404 g/mol. The van der Waals surface area contributed by atoms with E-state index in [-0.39, 0.29) is 6.04 Å². The van der Waals surface area contributed by atoms with Crippen molar-refractivity contribution in [3.63, 3.8) is 0 Å². The molecule has 0 saturated carbocycles. The van der Waals surface area contributed by atoms with Crippen LogP contribution in [0.3, 0.4) is 0 Å². The first-order valence-electron chi connectivity index (χ1n) is 10.4. The van der Waals surface area contributed by atoms with Crippen LogP contribution in [-0.4, -0.2) is 45.9 Å². The molecule has 0 spiro atoms. The van der Waals surface area contributed by atoms with Gasteiger partial charge >= 0.3 is 0 Å². The molecule has 1 unspecified atom stereocenters. The van der Waals surface area contributed by atoms with E-state index < -0.39 is 0 Å². The van der Waals surface area contributed by atoms with Crippen LogP contribution >= 0.6 is 0 Å². The minimum absolute atomic E-state index is 0.289. The maximum absolute atomic E-state index is 6.00. The van der Waals surface area contributed by atoms with Gasteiger partial charge in [0.1, 0.15) is 6.73 Å². The van der Waals surface area contributed by atoms with Crippen molar-refractivity contribution in [2.45, 2.75) is 32.7 Å². The van der Waals surface area contributed by atoms with E-state index >= 15 is 0 Å². The van der Waals surface area contributed by atoms with Crippen LogP contribution < -0.4 is 10.2 Å². The highest BCUT2D eigenvalue weighted by Gasteiger charge is 2.28. The fourth-order valence-corrected chi connectivity index (χ4v) is 3.81. The van der Waals surface area contributed by atoms with Crippen LogP contribution in [0.25, 0.3) is 11.4 Å². The number of aromatic nitrogens is 4. The number of anilines is 2. The Bertz CT molecular complexity index is 937. The predicted octanol–water partition coefficient (Wildman–Crippen LogP) is 3.93. The number of nitrogens with zero attached hydrogens (tertiary/aromatic N) is 5. The normalized spacial score (nSPS) is 18.9. The molecule has 1 N–H and O–H groups in total. The summed E-state index contributed by atoms with van der Waals surface area (Å²) in [5.41, 5.74) is 3.15. The fraction of sp³-hybridized carbons (Fsp3) is 0.391. The lowest BCUT2D eigenvalue weighted by Gasteiger charge is -2.38. The van der Waals surface area contributed by atoms with Crippen LogP contribution in [0.15, 0.2) is 55.1 Å². The van der Waals surface area contributed by atoms with E-state index in [9.17, 15) is 0 Å². The second-order valence-electron chi connectivity index (χ2n) is 7.83. The summed E-state index contributed by atoms with van der Waals surface area (Å²) in [6, 6.07) is 10.2. The molecule has 1 aromatic carbocycles. The van der Waals surface area contributed by atoms with Gasteiger partial charge in [-0.3, -0.25) is 0 Å². The molecule has 0 amide bonds. The van der Waals surface area contributed by atoms with Gasteiger partial charge in [-0.25, -0.2) is 19.9 Å². The topological polar surface area (TPSA) is 76.1 Å². The third-order valence-corrected chi connectivity index (χ3v) is 5.48. The SMILES string of the molecule is Cc1ccc(NCOCC2CC[C@@H](C)CN2c2ncccn2)cc1-c1ncccn1. The minimum atomic E-state index is 0.289. The molecule has 2 aromatic heterocycles. The number of piperidine rings is 1. The van der Waals surface area contributed by atoms with Crippen molar-refractivity contribution in [2.75, 3.05) is 30.1 Å². The van der Waals surface area contributed by atoms with Crippen molar-refractivity contribution in [2.24, 2.45) is 5.92 Å². The molecule has 0 aliphatic carbocycles. The molecule has 3 heterocycles. The zero-order chi connectivity index (χ0) is 20.8. The van der Waals surface area contributed by atoms with Crippen LogP contribution in [0, 0.1) is 12.8 Å². The van der Waals surface area contributed by atoms with Crippen molar-refractivity contribution in [1.29, 1.82) is 0 Å². The molecule has 3 aromatic rings. The Morgan fingerprint density at radius 3 is 2.53 bits per heavy atom. The molecule has 7 nitrogen and oxygen atoms in total. The van der Waals surface area contributed by atoms with Gasteiger partial charge in [0, 0.05) is 42.6 Å². The largest absolute Gasteiger partial charge is 0.363 e. The lowest BCUT2D eigenvalue weighted by atomic mass is 9.95. The van der Waals surface area contributed by atoms with Gasteiger partial charge in [-0.15, -0.1) is 0 Å². The average Bonchev–Trinajstić information content (AvgIpc) is 2.79. The fourth-order valence-electron chi connectivity index (χ4n) is 3.81. The molecule has 2 atom stereocenters. The Hall–Kier alpha value is -3.06. The van der Waals surface area contributed by atoms with E-state index in [0.29, 0.717) is 19.3 Å². The van der Waals surface area contributed by atoms with Gasteiger partial charge in [-0.05, 0) is 55.5 Å². The van der Waals surface area contributed by atoms with Gasteiger partial charge in [0.25, 0.3) is 0 Å². The Morgan fingerprint density at radius 2 is 1.77 bits per heavy atom. The van der Waals surface area contributed by atoms with Gasteiger partial charge in [-0.1, -0.05) is 13.0 Å². The van der Waals surface area contributed by atoms with E-state index in [1.807, 2.05) is 12.1 Å². The Balaban J connectivity index is 1.34. The van der Waals surface area contributed by atoms with Crippen LogP contribution in [0.1, 0.15) is 25.3 Å². The summed E-state index contributed by atoms with van der Waals surface area (Å²) in [6.45, 7) is 6.38. The molecule has 1 fully saturated rings. The quantitative estimate of drug-likeness (QED) is 0.472. The first kappa shape index (κ1) is 20.2. The second-order valence-corrected chi connectivity index (χ2v) is 7.83.